The molecule has 0 fully saturated rings. The van der Waals surface area contributed by atoms with Crippen molar-refractivity contribution >= 4 is 49.8 Å². The number of hydrogen-bond donors (Lipinski definition) is 0. The Morgan fingerprint density at radius 3 is 2.47 bits per heavy atom. The topological polar surface area (TPSA) is 57.1 Å². The van der Waals surface area contributed by atoms with E-state index in [1.54, 1.807) is 6.08 Å². The molecule has 0 amide bonds. The molecule has 0 aromatic heterocycles. The zero-order valence-electron chi connectivity index (χ0n) is 17.2. The SMILES string of the molecule is CCOc1cc(/C=C2\N=C(c3ccccc3Br)OC2=O)cc(Br)c1OCc1ccccc1. The van der Waals surface area contributed by atoms with Gasteiger partial charge in [-0.25, -0.2) is 9.79 Å². The van der Waals surface area contributed by atoms with Crippen LogP contribution in [0.3, 0.4) is 0 Å². The molecule has 1 aliphatic heterocycles. The molecule has 0 bridgehead atoms. The van der Waals surface area contributed by atoms with Crippen LogP contribution in [0.5, 0.6) is 11.5 Å². The zero-order valence-corrected chi connectivity index (χ0v) is 20.4. The molecule has 3 aromatic carbocycles. The van der Waals surface area contributed by atoms with E-state index in [1.165, 1.54) is 0 Å². The highest BCUT2D eigenvalue weighted by Gasteiger charge is 2.25. The largest absolute Gasteiger partial charge is 0.490 e. The maximum atomic E-state index is 12.4. The van der Waals surface area contributed by atoms with Gasteiger partial charge in [-0.05, 0) is 80.3 Å². The minimum atomic E-state index is -0.505. The Kier molecular flexibility index (Phi) is 7.07. The van der Waals surface area contributed by atoms with E-state index in [-0.39, 0.29) is 11.6 Å². The number of hydrogen-bond acceptors (Lipinski definition) is 5. The molecule has 0 unspecified atom stereocenters. The van der Waals surface area contributed by atoms with E-state index < -0.39 is 5.97 Å². The number of halogens is 2. The van der Waals surface area contributed by atoms with Crippen LogP contribution < -0.4 is 9.47 Å². The van der Waals surface area contributed by atoms with Crippen molar-refractivity contribution in [2.24, 2.45) is 4.99 Å². The van der Waals surface area contributed by atoms with Crippen molar-refractivity contribution in [1.82, 2.24) is 0 Å². The molecular formula is C25H19Br2NO4. The molecule has 5 nitrogen and oxygen atoms in total. The number of aliphatic imine (C=N–C) groups is 1. The first kappa shape index (κ1) is 22.3. The number of cyclic esters (lactones) is 1. The minimum Gasteiger partial charge on any atom is -0.490 e. The van der Waals surface area contributed by atoms with E-state index in [1.807, 2.05) is 73.7 Å². The number of carbonyl (C=O) groups is 1. The molecule has 0 N–H and O–H groups in total. The zero-order chi connectivity index (χ0) is 22.5. The molecule has 32 heavy (non-hydrogen) atoms. The van der Waals surface area contributed by atoms with Gasteiger partial charge in [0.15, 0.2) is 17.2 Å². The van der Waals surface area contributed by atoms with Crippen LogP contribution in [0.4, 0.5) is 0 Å². The van der Waals surface area contributed by atoms with Gasteiger partial charge in [0.05, 0.1) is 16.6 Å². The summed E-state index contributed by atoms with van der Waals surface area (Å²) >= 11 is 7.03. The summed E-state index contributed by atoms with van der Waals surface area (Å²) in [5.74, 6) is 0.935. The van der Waals surface area contributed by atoms with Gasteiger partial charge in [-0.1, -0.05) is 42.5 Å². The summed E-state index contributed by atoms with van der Waals surface area (Å²) in [6, 6.07) is 21.0. The smallest absolute Gasteiger partial charge is 0.363 e. The quantitative estimate of drug-likeness (QED) is 0.245. The summed E-state index contributed by atoms with van der Waals surface area (Å²) in [7, 11) is 0. The molecule has 0 spiro atoms. The van der Waals surface area contributed by atoms with E-state index in [9.17, 15) is 4.79 Å². The van der Waals surface area contributed by atoms with Gasteiger partial charge in [0, 0.05) is 4.47 Å². The second-order valence-electron chi connectivity index (χ2n) is 6.85. The normalized spacial score (nSPS) is 14.3. The number of carbonyl (C=O) groups excluding carboxylic acids is 1. The Morgan fingerprint density at radius 1 is 0.969 bits per heavy atom. The molecule has 1 aliphatic rings. The summed E-state index contributed by atoms with van der Waals surface area (Å²) in [4.78, 5) is 16.8. The molecule has 0 aliphatic carbocycles. The molecule has 0 atom stereocenters. The van der Waals surface area contributed by atoms with Gasteiger partial charge < -0.3 is 14.2 Å². The van der Waals surface area contributed by atoms with E-state index in [0.717, 1.165) is 15.6 Å². The molecule has 7 heteroatoms. The molecule has 0 saturated carbocycles. The summed E-state index contributed by atoms with van der Waals surface area (Å²) < 4.78 is 18.7. The van der Waals surface area contributed by atoms with Gasteiger partial charge in [0.25, 0.3) is 0 Å². The van der Waals surface area contributed by atoms with Gasteiger partial charge >= 0.3 is 5.97 Å². The second-order valence-corrected chi connectivity index (χ2v) is 8.56. The van der Waals surface area contributed by atoms with Crippen molar-refractivity contribution in [3.63, 3.8) is 0 Å². The first-order valence-corrected chi connectivity index (χ1v) is 11.5. The molecular weight excluding hydrogens is 538 g/mol. The Balaban J connectivity index is 1.63. The van der Waals surface area contributed by atoms with Crippen molar-refractivity contribution in [1.29, 1.82) is 0 Å². The fraction of sp³-hybridized carbons (Fsp3) is 0.120. The highest BCUT2D eigenvalue weighted by Crippen LogP contribution is 2.38. The van der Waals surface area contributed by atoms with Crippen molar-refractivity contribution < 1.29 is 19.0 Å². The number of ether oxygens (including phenoxy) is 3. The molecule has 3 aromatic rings. The Labute approximate surface area is 203 Å². The third kappa shape index (κ3) is 5.11. The fourth-order valence-electron chi connectivity index (χ4n) is 3.12. The van der Waals surface area contributed by atoms with Crippen LogP contribution in [-0.4, -0.2) is 18.5 Å². The van der Waals surface area contributed by atoms with Crippen molar-refractivity contribution in [2.45, 2.75) is 13.5 Å². The van der Waals surface area contributed by atoms with Gasteiger partial charge in [0.2, 0.25) is 5.90 Å². The standard InChI is InChI=1S/C25H19Br2NO4/c1-2-30-22-14-17(12-20(27)23(22)31-15-16-8-4-3-5-9-16)13-21-25(29)32-24(28-21)18-10-6-7-11-19(18)26/h3-14H,2,15H2,1H3/b21-13-. The minimum absolute atomic E-state index is 0.211. The second kappa shape index (κ2) is 10.1. The van der Waals surface area contributed by atoms with E-state index in [2.05, 4.69) is 36.9 Å². The fourth-order valence-corrected chi connectivity index (χ4v) is 4.15. The molecule has 4 rings (SSSR count). The number of esters is 1. The lowest BCUT2D eigenvalue weighted by molar-refractivity contribution is -0.129. The van der Waals surface area contributed by atoms with Crippen LogP contribution in [0, 0.1) is 0 Å². The maximum Gasteiger partial charge on any atom is 0.363 e. The average molecular weight is 557 g/mol. The summed E-state index contributed by atoms with van der Waals surface area (Å²) in [5, 5.41) is 0. The first-order chi connectivity index (χ1) is 15.5. The van der Waals surface area contributed by atoms with E-state index >= 15 is 0 Å². The van der Waals surface area contributed by atoms with Crippen LogP contribution in [0.25, 0.3) is 6.08 Å². The lowest BCUT2D eigenvalue weighted by atomic mass is 10.1. The van der Waals surface area contributed by atoms with Crippen molar-refractivity contribution in [3.05, 3.63) is 98.1 Å². The third-order valence-electron chi connectivity index (χ3n) is 4.59. The maximum absolute atomic E-state index is 12.4. The van der Waals surface area contributed by atoms with Crippen LogP contribution in [0.1, 0.15) is 23.6 Å². The van der Waals surface area contributed by atoms with Crippen molar-refractivity contribution in [2.75, 3.05) is 6.61 Å². The van der Waals surface area contributed by atoms with Gasteiger partial charge in [-0.3, -0.25) is 0 Å². The molecule has 1 heterocycles. The van der Waals surface area contributed by atoms with Crippen molar-refractivity contribution in [3.8, 4) is 11.5 Å². The summed E-state index contributed by atoms with van der Waals surface area (Å²) in [6.07, 6.45) is 1.67. The number of nitrogens with zero attached hydrogens (tertiary/aromatic N) is 1. The summed E-state index contributed by atoms with van der Waals surface area (Å²) in [5.41, 5.74) is 2.71. The van der Waals surface area contributed by atoms with E-state index in [4.69, 9.17) is 14.2 Å². The molecule has 0 radical (unpaired) electrons. The van der Waals surface area contributed by atoms with Gasteiger partial charge in [-0.15, -0.1) is 0 Å². The van der Waals surface area contributed by atoms with Crippen LogP contribution in [0.2, 0.25) is 0 Å². The Hall–Kier alpha value is -2.90. The average Bonchev–Trinajstić information content (AvgIpc) is 3.14. The monoisotopic (exact) mass is 555 g/mol. The lowest BCUT2D eigenvalue weighted by Crippen LogP contribution is -2.05. The Bertz CT molecular complexity index is 1210. The Morgan fingerprint density at radius 2 is 1.72 bits per heavy atom. The lowest BCUT2D eigenvalue weighted by Gasteiger charge is -2.15. The predicted octanol–water partition coefficient (Wildman–Crippen LogP) is 6.53. The highest BCUT2D eigenvalue weighted by molar-refractivity contribution is 9.10. The summed E-state index contributed by atoms with van der Waals surface area (Å²) in [6.45, 7) is 2.79. The number of rotatable bonds is 7. The van der Waals surface area contributed by atoms with Crippen LogP contribution >= 0.6 is 31.9 Å². The van der Waals surface area contributed by atoms with Gasteiger partial charge in [-0.2, -0.15) is 0 Å². The molecule has 0 saturated heterocycles. The number of benzene rings is 3. The van der Waals surface area contributed by atoms with Crippen LogP contribution in [-0.2, 0) is 16.1 Å². The third-order valence-corrected chi connectivity index (χ3v) is 5.87. The van der Waals surface area contributed by atoms with E-state index in [0.29, 0.717) is 34.7 Å². The molecule has 162 valence electrons. The van der Waals surface area contributed by atoms with Gasteiger partial charge in [0.1, 0.15) is 6.61 Å². The van der Waals surface area contributed by atoms with Crippen LogP contribution in [0.15, 0.2) is 86.4 Å². The highest BCUT2D eigenvalue weighted by atomic mass is 79.9. The predicted molar refractivity (Wildman–Crippen MR) is 131 cm³/mol. The first-order valence-electron chi connectivity index (χ1n) is 9.95.